The number of hydrogen-bond donors (Lipinski definition) is 6. The first-order valence-electron chi connectivity index (χ1n) is 7.66. The number of nitrogens with one attached hydrogen (secondary N) is 1. The smallest absolute Gasteiger partial charge is 0.387 e. The van der Waals surface area contributed by atoms with Crippen LogP contribution >= 0.6 is 23.5 Å². The highest BCUT2D eigenvalue weighted by molar-refractivity contribution is 7.66. The van der Waals surface area contributed by atoms with Crippen LogP contribution in [0.1, 0.15) is 13.2 Å². The number of aliphatic hydroxyl groups excluding tert-OH is 1. The van der Waals surface area contributed by atoms with Crippen molar-refractivity contribution in [2.75, 3.05) is 6.61 Å². The van der Waals surface area contributed by atoms with Gasteiger partial charge in [-0.3, -0.25) is 18.9 Å². The fourth-order valence-electron chi connectivity index (χ4n) is 2.46. The fourth-order valence-corrected chi connectivity index (χ4v) is 5.49. The Balaban J connectivity index is 2.17. The predicted octanol–water partition coefficient (Wildman–Crippen LogP) is -0.995. The average molecular weight is 518 g/mol. The second kappa shape index (κ2) is 8.67. The Morgan fingerprint density at radius 1 is 1.19 bits per heavy atom. The van der Waals surface area contributed by atoms with Gasteiger partial charge in [-0.05, 0) is 6.92 Å². The molecule has 178 valence electrons. The van der Waals surface area contributed by atoms with Crippen LogP contribution in [0.25, 0.3) is 0 Å². The summed E-state index contributed by atoms with van der Waals surface area (Å²) in [4.78, 5) is 59.7. The lowest BCUT2D eigenvalue weighted by molar-refractivity contribution is -0.0609. The van der Waals surface area contributed by atoms with Crippen LogP contribution in [-0.2, 0) is 31.6 Å². The standard InChI is InChI=1S/C10H15F2N2O14P3/c1-10(12)6(15)5(26-8(10)14-2-4(11)7(16)13-9(14)17)3-25-30(21,22)28-31(23,24)27-29(18,19)20/h2,5-6,8,15H,3H2,1H3,(H,21,22)(H,23,24)(H,13,16,17)(H2,18,19,20)/t5-,6?,8-,10-/m1/s1. The molecule has 6 atom stereocenters. The normalized spacial score (nSPS) is 30.6. The topological polar surface area (TPSA) is 244 Å². The monoisotopic (exact) mass is 518 g/mol. The van der Waals surface area contributed by atoms with Gasteiger partial charge in [-0.25, -0.2) is 22.9 Å². The van der Waals surface area contributed by atoms with E-state index >= 15 is 0 Å². The van der Waals surface area contributed by atoms with Crippen molar-refractivity contribution < 1.29 is 65.0 Å². The molecule has 0 bridgehead atoms. The number of halogens is 2. The molecule has 1 saturated heterocycles. The number of rotatable bonds is 8. The molecule has 0 saturated carbocycles. The third kappa shape index (κ3) is 6.44. The van der Waals surface area contributed by atoms with Gasteiger partial charge >= 0.3 is 29.2 Å². The lowest BCUT2D eigenvalue weighted by atomic mass is 9.98. The Labute approximate surface area is 169 Å². The van der Waals surface area contributed by atoms with Crippen molar-refractivity contribution in [2.45, 2.75) is 31.0 Å². The van der Waals surface area contributed by atoms with Crippen molar-refractivity contribution >= 4 is 23.5 Å². The molecule has 0 aromatic carbocycles. The summed E-state index contributed by atoms with van der Waals surface area (Å²) in [5, 5.41) is 10.0. The van der Waals surface area contributed by atoms with E-state index in [4.69, 9.17) is 19.4 Å². The maximum absolute atomic E-state index is 14.9. The van der Waals surface area contributed by atoms with Crippen molar-refractivity contribution in [3.05, 3.63) is 32.9 Å². The lowest BCUT2D eigenvalue weighted by Gasteiger charge is -2.24. The van der Waals surface area contributed by atoms with Crippen molar-refractivity contribution in [2.24, 2.45) is 0 Å². The first-order valence-corrected chi connectivity index (χ1v) is 12.2. The zero-order chi connectivity index (χ0) is 24.0. The Bertz CT molecular complexity index is 1100. The summed E-state index contributed by atoms with van der Waals surface area (Å²) in [5.41, 5.74) is -5.58. The van der Waals surface area contributed by atoms with Gasteiger partial charge in [0.2, 0.25) is 5.82 Å². The van der Waals surface area contributed by atoms with Crippen molar-refractivity contribution in [3.8, 4) is 0 Å². The number of hydrogen-bond acceptors (Lipinski definition) is 10. The van der Waals surface area contributed by atoms with Crippen LogP contribution in [0, 0.1) is 5.82 Å². The molecule has 31 heavy (non-hydrogen) atoms. The minimum Gasteiger partial charge on any atom is -0.387 e. The highest BCUT2D eigenvalue weighted by Crippen LogP contribution is 2.66. The van der Waals surface area contributed by atoms with E-state index in [-0.39, 0.29) is 4.57 Å². The highest BCUT2D eigenvalue weighted by Gasteiger charge is 2.56. The number of aromatic nitrogens is 2. The first-order chi connectivity index (χ1) is 13.8. The number of ether oxygens (including phenoxy) is 1. The Hall–Kier alpha value is -1.13. The molecule has 3 unspecified atom stereocenters. The molecular weight excluding hydrogens is 503 g/mol. The van der Waals surface area contributed by atoms with E-state index in [1.165, 1.54) is 4.98 Å². The van der Waals surface area contributed by atoms with Gasteiger partial charge in [-0.2, -0.15) is 13.0 Å². The van der Waals surface area contributed by atoms with Gasteiger partial charge in [0, 0.05) is 0 Å². The van der Waals surface area contributed by atoms with E-state index in [0.717, 1.165) is 0 Å². The third-order valence-corrected chi connectivity index (χ3v) is 7.51. The molecule has 1 aromatic heterocycles. The van der Waals surface area contributed by atoms with Gasteiger partial charge < -0.3 is 29.4 Å². The molecule has 1 fully saturated rings. The van der Waals surface area contributed by atoms with Gasteiger partial charge in [-0.15, -0.1) is 0 Å². The van der Waals surface area contributed by atoms with E-state index < -0.39 is 71.2 Å². The summed E-state index contributed by atoms with van der Waals surface area (Å²) >= 11 is 0. The summed E-state index contributed by atoms with van der Waals surface area (Å²) in [6.45, 7) is -0.524. The molecule has 2 heterocycles. The molecule has 0 amide bonds. The van der Waals surface area contributed by atoms with Gasteiger partial charge in [0.1, 0.15) is 12.2 Å². The van der Waals surface area contributed by atoms with E-state index in [2.05, 4.69) is 13.1 Å². The molecule has 1 aliphatic rings. The Kier molecular flexibility index (Phi) is 7.30. The molecule has 2 rings (SSSR count). The molecular formula is C10H15F2N2O14P3. The SMILES string of the molecule is C[C@@]1(F)C(O)[C@@H](COP(=O)(O)OP(=O)(O)OP(=O)(O)O)O[C@H]1n1cc(F)c(=O)[nH]c1=O. The number of phosphoric ester groups is 1. The number of nitrogens with zero attached hydrogens (tertiary/aromatic N) is 1. The van der Waals surface area contributed by atoms with E-state index in [1.807, 2.05) is 0 Å². The van der Waals surface area contributed by atoms with Gasteiger partial charge in [-0.1, -0.05) is 0 Å². The summed E-state index contributed by atoms with van der Waals surface area (Å²) in [7, 11) is -17.0. The van der Waals surface area contributed by atoms with Gasteiger partial charge in [0.05, 0.1) is 12.8 Å². The summed E-state index contributed by atoms with van der Waals surface area (Å²) in [6.07, 6.45) is -5.81. The van der Waals surface area contributed by atoms with Crippen LogP contribution in [0.4, 0.5) is 8.78 Å². The van der Waals surface area contributed by atoms with E-state index in [0.29, 0.717) is 13.1 Å². The van der Waals surface area contributed by atoms with Crippen LogP contribution < -0.4 is 11.2 Å². The van der Waals surface area contributed by atoms with Gasteiger partial charge in [0.15, 0.2) is 11.9 Å². The molecule has 0 radical (unpaired) electrons. The van der Waals surface area contributed by atoms with Crippen LogP contribution in [0.15, 0.2) is 15.8 Å². The molecule has 1 aliphatic heterocycles. The van der Waals surface area contributed by atoms with Crippen LogP contribution in [0.5, 0.6) is 0 Å². The molecule has 16 nitrogen and oxygen atoms in total. The second-order valence-corrected chi connectivity index (χ2v) is 10.6. The van der Waals surface area contributed by atoms with Crippen LogP contribution in [0.3, 0.4) is 0 Å². The van der Waals surface area contributed by atoms with Crippen LogP contribution in [-0.4, -0.2) is 58.7 Å². The zero-order valence-corrected chi connectivity index (χ0v) is 17.7. The first kappa shape index (κ1) is 26.1. The van der Waals surface area contributed by atoms with E-state index in [1.54, 1.807) is 0 Å². The lowest BCUT2D eigenvalue weighted by Crippen LogP contribution is -2.44. The molecule has 6 N–H and O–H groups in total. The maximum Gasteiger partial charge on any atom is 0.490 e. The number of aliphatic hydroxyl groups is 1. The molecule has 0 aliphatic carbocycles. The van der Waals surface area contributed by atoms with E-state index in [9.17, 15) is 42.1 Å². The zero-order valence-electron chi connectivity index (χ0n) is 15.0. The largest absolute Gasteiger partial charge is 0.490 e. The Morgan fingerprint density at radius 3 is 2.32 bits per heavy atom. The minimum absolute atomic E-state index is 0.255. The third-order valence-electron chi connectivity index (χ3n) is 3.71. The van der Waals surface area contributed by atoms with Crippen LogP contribution in [0.2, 0.25) is 0 Å². The summed E-state index contributed by atoms with van der Waals surface area (Å²) < 4.78 is 78.4. The number of H-pyrrole nitrogens is 1. The highest BCUT2D eigenvalue weighted by atomic mass is 31.3. The number of phosphoric acid groups is 3. The number of alkyl halides is 1. The summed E-state index contributed by atoms with van der Waals surface area (Å²) in [5.74, 6) is -1.50. The summed E-state index contributed by atoms with van der Waals surface area (Å²) in [6, 6.07) is 0. The predicted molar refractivity (Wildman–Crippen MR) is 90.5 cm³/mol. The van der Waals surface area contributed by atoms with Crippen molar-refractivity contribution in [1.29, 1.82) is 0 Å². The van der Waals surface area contributed by atoms with Crippen molar-refractivity contribution in [1.82, 2.24) is 9.55 Å². The average Bonchev–Trinajstić information content (AvgIpc) is 2.76. The fraction of sp³-hybridized carbons (Fsp3) is 0.600. The Morgan fingerprint density at radius 2 is 1.77 bits per heavy atom. The van der Waals surface area contributed by atoms with Crippen molar-refractivity contribution in [3.63, 3.8) is 0 Å². The molecule has 0 spiro atoms. The quantitative estimate of drug-likeness (QED) is 0.226. The number of aromatic amines is 1. The maximum atomic E-state index is 14.9. The minimum atomic E-state index is -5.81. The molecule has 21 heteroatoms. The second-order valence-electron chi connectivity index (χ2n) is 6.15. The van der Waals surface area contributed by atoms with Gasteiger partial charge in [0.25, 0.3) is 5.56 Å². The molecule has 1 aromatic rings.